The summed E-state index contributed by atoms with van der Waals surface area (Å²) in [6, 6.07) is 6.03. The molecule has 82 valence electrons. The quantitative estimate of drug-likeness (QED) is 0.818. The molecule has 1 aromatic carbocycles. The molecular formula is C11H10ClN3S. The molecule has 0 fully saturated rings. The average molecular weight is 252 g/mol. The number of nitrogens with zero attached hydrogens (tertiary/aromatic N) is 1. The Bertz CT molecular complexity index is 561. The Kier molecular flexibility index (Phi) is 2.46. The van der Waals surface area contributed by atoms with E-state index in [9.17, 15) is 0 Å². The molecule has 5 heteroatoms. The third kappa shape index (κ3) is 1.64. The Morgan fingerprint density at radius 1 is 1.38 bits per heavy atom. The number of benzene rings is 1. The molecule has 2 N–H and O–H groups in total. The van der Waals surface area contributed by atoms with E-state index in [1.807, 2.05) is 12.1 Å². The van der Waals surface area contributed by atoms with Gasteiger partial charge in [-0.05, 0) is 23.6 Å². The molecule has 0 bridgehead atoms. The van der Waals surface area contributed by atoms with Crippen LogP contribution in [0.2, 0.25) is 5.02 Å². The lowest BCUT2D eigenvalue weighted by molar-refractivity contribution is 0.959. The molecule has 0 unspecified atom stereocenters. The van der Waals surface area contributed by atoms with Gasteiger partial charge in [0.05, 0.1) is 17.3 Å². The SMILES string of the molecule is Clc1ccc2sccc2c1NC1=NCCN1. The lowest BCUT2D eigenvalue weighted by Crippen LogP contribution is -2.26. The fraction of sp³-hybridized carbons (Fsp3) is 0.182. The molecule has 1 aromatic heterocycles. The summed E-state index contributed by atoms with van der Waals surface area (Å²) < 4.78 is 1.23. The summed E-state index contributed by atoms with van der Waals surface area (Å²) in [5, 5.41) is 10.4. The third-order valence-corrected chi connectivity index (χ3v) is 3.70. The molecule has 3 rings (SSSR count). The van der Waals surface area contributed by atoms with E-state index < -0.39 is 0 Å². The van der Waals surface area contributed by atoms with Gasteiger partial charge in [-0.25, -0.2) is 0 Å². The van der Waals surface area contributed by atoms with Gasteiger partial charge in [0.1, 0.15) is 0 Å². The molecule has 1 aliphatic heterocycles. The zero-order valence-electron chi connectivity index (χ0n) is 8.46. The monoisotopic (exact) mass is 251 g/mol. The number of guanidine groups is 1. The van der Waals surface area contributed by atoms with Crippen LogP contribution >= 0.6 is 22.9 Å². The first kappa shape index (κ1) is 9.93. The van der Waals surface area contributed by atoms with Gasteiger partial charge >= 0.3 is 0 Å². The van der Waals surface area contributed by atoms with Gasteiger partial charge in [-0.1, -0.05) is 11.6 Å². The maximum Gasteiger partial charge on any atom is 0.195 e. The molecule has 0 saturated carbocycles. The molecule has 2 heterocycles. The van der Waals surface area contributed by atoms with Crippen LogP contribution < -0.4 is 10.6 Å². The van der Waals surface area contributed by atoms with Crippen LogP contribution in [0.5, 0.6) is 0 Å². The van der Waals surface area contributed by atoms with Crippen LogP contribution in [-0.4, -0.2) is 19.0 Å². The number of rotatable bonds is 1. The van der Waals surface area contributed by atoms with Crippen molar-refractivity contribution in [1.82, 2.24) is 5.32 Å². The maximum absolute atomic E-state index is 6.20. The topological polar surface area (TPSA) is 36.4 Å². The van der Waals surface area contributed by atoms with E-state index in [4.69, 9.17) is 11.6 Å². The fourth-order valence-electron chi connectivity index (χ4n) is 1.74. The van der Waals surface area contributed by atoms with Crippen molar-refractivity contribution < 1.29 is 0 Å². The number of hydrogen-bond acceptors (Lipinski definition) is 4. The van der Waals surface area contributed by atoms with Crippen molar-refractivity contribution in [3.8, 4) is 0 Å². The first-order valence-electron chi connectivity index (χ1n) is 5.05. The first-order chi connectivity index (χ1) is 7.84. The van der Waals surface area contributed by atoms with Crippen LogP contribution in [0.15, 0.2) is 28.6 Å². The van der Waals surface area contributed by atoms with Gasteiger partial charge in [-0.3, -0.25) is 4.99 Å². The summed E-state index contributed by atoms with van der Waals surface area (Å²) in [5.74, 6) is 0.806. The van der Waals surface area contributed by atoms with E-state index >= 15 is 0 Å². The van der Waals surface area contributed by atoms with E-state index in [1.165, 1.54) is 4.70 Å². The van der Waals surface area contributed by atoms with E-state index in [-0.39, 0.29) is 0 Å². The smallest absolute Gasteiger partial charge is 0.195 e. The summed E-state index contributed by atoms with van der Waals surface area (Å²) in [5.41, 5.74) is 0.938. The van der Waals surface area contributed by atoms with Gasteiger partial charge in [0.15, 0.2) is 5.96 Å². The van der Waals surface area contributed by atoms with Gasteiger partial charge in [0, 0.05) is 16.6 Å². The molecule has 16 heavy (non-hydrogen) atoms. The number of halogens is 1. The Morgan fingerprint density at radius 3 is 3.12 bits per heavy atom. The van der Waals surface area contributed by atoms with Crippen LogP contribution in [0.1, 0.15) is 0 Å². The van der Waals surface area contributed by atoms with Crippen molar-refractivity contribution in [2.75, 3.05) is 18.4 Å². The zero-order chi connectivity index (χ0) is 11.0. The maximum atomic E-state index is 6.20. The van der Waals surface area contributed by atoms with Crippen LogP contribution in [0.3, 0.4) is 0 Å². The van der Waals surface area contributed by atoms with Crippen molar-refractivity contribution >= 4 is 44.7 Å². The molecule has 0 radical (unpaired) electrons. The molecule has 0 saturated heterocycles. The zero-order valence-corrected chi connectivity index (χ0v) is 10.0. The number of anilines is 1. The number of thiophene rings is 1. The summed E-state index contributed by atoms with van der Waals surface area (Å²) in [6.45, 7) is 1.71. The molecule has 0 aliphatic carbocycles. The molecular weight excluding hydrogens is 242 g/mol. The molecule has 1 aliphatic rings. The lowest BCUT2D eigenvalue weighted by atomic mass is 10.2. The Balaban J connectivity index is 2.06. The second-order valence-corrected chi connectivity index (χ2v) is 4.89. The third-order valence-electron chi connectivity index (χ3n) is 2.50. The fourth-order valence-corrected chi connectivity index (χ4v) is 2.75. The van der Waals surface area contributed by atoms with Crippen molar-refractivity contribution in [3.05, 3.63) is 28.6 Å². The predicted octanol–water partition coefficient (Wildman–Crippen LogP) is 2.93. The van der Waals surface area contributed by atoms with Gasteiger partial charge < -0.3 is 10.6 Å². The standard InChI is InChI=1S/C11H10ClN3S/c12-8-1-2-9-7(3-6-16-9)10(8)15-11-13-4-5-14-11/h1-3,6H,4-5H2,(H2,13,14,15). The molecule has 0 amide bonds. The number of fused-ring (bicyclic) bond motifs is 1. The molecule has 0 spiro atoms. The van der Waals surface area contributed by atoms with Crippen LogP contribution in [0.25, 0.3) is 10.1 Å². The summed E-state index contributed by atoms with van der Waals surface area (Å²) in [6.07, 6.45) is 0. The van der Waals surface area contributed by atoms with Gasteiger partial charge in [-0.15, -0.1) is 11.3 Å². The highest BCUT2D eigenvalue weighted by atomic mass is 35.5. The minimum Gasteiger partial charge on any atom is -0.354 e. The second-order valence-electron chi connectivity index (χ2n) is 3.54. The van der Waals surface area contributed by atoms with Crippen molar-refractivity contribution in [2.45, 2.75) is 0 Å². The first-order valence-corrected chi connectivity index (χ1v) is 6.31. The van der Waals surface area contributed by atoms with Crippen molar-refractivity contribution in [1.29, 1.82) is 0 Å². The number of hydrogen-bond donors (Lipinski definition) is 2. The van der Waals surface area contributed by atoms with Gasteiger partial charge in [0.2, 0.25) is 0 Å². The predicted molar refractivity (Wildman–Crippen MR) is 70.8 cm³/mol. The van der Waals surface area contributed by atoms with Gasteiger partial charge in [-0.2, -0.15) is 0 Å². The van der Waals surface area contributed by atoms with Crippen LogP contribution in [-0.2, 0) is 0 Å². The van der Waals surface area contributed by atoms with E-state index in [0.717, 1.165) is 35.1 Å². The van der Waals surface area contributed by atoms with Crippen LogP contribution in [0.4, 0.5) is 5.69 Å². The number of aliphatic imine (C=N–C) groups is 1. The minimum atomic E-state index is 0.724. The normalized spacial score (nSPS) is 14.9. The van der Waals surface area contributed by atoms with Crippen molar-refractivity contribution in [3.63, 3.8) is 0 Å². The highest BCUT2D eigenvalue weighted by molar-refractivity contribution is 7.17. The second kappa shape index (κ2) is 3.96. The Labute approximate surface area is 102 Å². The molecule has 3 nitrogen and oxygen atoms in total. The summed E-state index contributed by atoms with van der Waals surface area (Å²) in [7, 11) is 0. The minimum absolute atomic E-state index is 0.724. The van der Waals surface area contributed by atoms with E-state index in [2.05, 4.69) is 27.1 Å². The summed E-state index contributed by atoms with van der Waals surface area (Å²) >= 11 is 7.91. The summed E-state index contributed by atoms with van der Waals surface area (Å²) in [4.78, 5) is 4.30. The highest BCUT2D eigenvalue weighted by Gasteiger charge is 2.11. The number of nitrogens with one attached hydrogen (secondary N) is 2. The lowest BCUT2D eigenvalue weighted by Gasteiger charge is -2.09. The largest absolute Gasteiger partial charge is 0.354 e. The Morgan fingerprint density at radius 2 is 2.31 bits per heavy atom. The average Bonchev–Trinajstić information content (AvgIpc) is 2.92. The Hall–Kier alpha value is -1.26. The van der Waals surface area contributed by atoms with E-state index in [0.29, 0.717) is 0 Å². The molecule has 2 aromatic rings. The van der Waals surface area contributed by atoms with Crippen LogP contribution in [0, 0.1) is 0 Å². The van der Waals surface area contributed by atoms with Crippen molar-refractivity contribution in [2.24, 2.45) is 4.99 Å². The highest BCUT2D eigenvalue weighted by Crippen LogP contribution is 2.34. The molecule has 0 atom stereocenters. The van der Waals surface area contributed by atoms with E-state index in [1.54, 1.807) is 11.3 Å². The van der Waals surface area contributed by atoms with Gasteiger partial charge in [0.25, 0.3) is 0 Å².